The number of ether oxygens (including phenoxy) is 2. The van der Waals surface area contributed by atoms with Gasteiger partial charge in [-0.1, -0.05) is 52.9 Å². The molecule has 8 nitrogen and oxygen atoms in total. The summed E-state index contributed by atoms with van der Waals surface area (Å²) in [6.07, 6.45) is 5.30. The highest BCUT2D eigenvalue weighted by Crippen LogP contribution is 2.33. The van der Waals surface area contributed by atoms with Crippen molar-refractivity contribution in [1.82, 2.24) is 30.0 Å². The van der Waals surface area contributed by atoms with Crippen molar-refractivity contribution in [3.63, 3.8) is 0 Å². The van der Waals surface area contributed by atoms with Gasteiger partial charge < -0.3 is 9.47 Å². The van der Waals surface area contributed by atoms with Gasteiger partial charge in [-0.2, -0.15) is 0 Å². The normalized spacial score (nSPS) is 10.8. The van der Waals surface area contributed by atoms with Gasteiger partial charge in [0.2, 0.25) is 0 Å². The van der Waals surface area contributed by atoms with E-state index in [0.29, 0.717) is 11.5 Å². The summed E-state index contributed by atoms with van der Waals surface area (Å²) in [5.74, 6) is 1.38. The summed E-state index contributed by atoms with van der Waals surface area (Å²) in [4.78, 5) is 0. The zero-order valence-electron chi connectivity index (χ0n) is 17.6. The van der Waals surface area contributed by atoms with E-state index < -0.39 is 0 Å². The van der Waals surface area contributed by atoms with Crippen molar-refractivity contribution >= 4 is 0 Å². The molecule has 8 heteroatoms. The summed E-state index contributed by atoms with van der Waals surface area (Å²) < 4.78 is 14.6. The van der Waals surface area contributed by atoms with Crippen LogP contribution in [-0.4, -0.2) is 44.2 Å². The molecule has 0 saturated heterocycles. The van der Waals surface area contributed by atoms with Crippen LogP contribution in [0.5, 0.6) is 11.5 Å². The highest BCUT2D eigenvalue weighted by Gasteiger charge is 2.13. The molecule has 3 aromatic carbocycles. The summed E-state index contributed by atoms with van der Waals surface area (Å²) >= 11 is 0. The van der Waals surface area contributed by atoms with Crippen molar-refractivity contribution in [3.05, 3.63) is 85.3 Å². The number of hydrogen-bond acceptors (Lipinski definition) is 6. The maximum Gasteiger partial charge on any atom is 0.145 e. The van der Waals surface area contributed by atoms with Crippen LogP contribution in [-0.2, 0) is 0 Å². The van der Waals surface area contributed by atoms with Crippen LogP contribution < -0.4 is 9.47 Å². The van der Waals surface area contributed by atoms with Crippen LogP contribution in [0, 0.1) is 0 Å². The summed E-state index contributed by atoms with van der Waals surface area (Å²) in [6, 6.07) is 21.8. The number of benzene rings is 3. The Hall–Kier alpha value is -4.46. The minimum Gasteiger partial charge on any atom is -0.494 e. The molecule has 0 aliphatic heterocycles. The number of rotatable bonds is 6. The van der Waals surface area contributed by atoms with Crippen LogP contribution in [0.3, 0.4) is 0 Å². The molecule has 0 aliphatic rings. The zero-order chi connectivity index (χ0) is 21.9. The van der Waals surface area contributed by atoms with E-state index in [1.807, 2.05) is 72.9 Å². The Kier molecular flexibility index (Phi) is 5.09. The molecule has 0 N–H and O–H groups in total. The predicted octanol–water partition coefficient (Wildman–Crippen LogP) is 4.20. The third kappa shape index (κ3) is 3.58. The Bertz CT molecular complexity index is 1350. The fourth-order valence-electron chi connectivity index (χ4n) is 3.55. The molecule has 0 bridgehead atoms. The van der Waals surface area contributed by atoms with Crippen LogP contribution in [0.4, 0.5) is 0 Å². The van der Waals surface area contributed by atoms with Gasteiger partial charge in [0, 0.05) is 5.56 Å². The van der Waals surface area contributed by atoms with Crippen molar-refractivity contribution in [1.29, 1.82) is 0 Å². The molecule has 2 aromatic heterocycles. The van der Waals surface area contributed by atoms with E-state index in [-0.39, 0.29) is 0 Å². The maximum atomic E-state index is 5.67. The second-order valence-electron chi connectivity index (χ2n) is 7.04. The van der Waals surface area contributed by atoms with E-state index in [0.717, 1.165) is 33.8 Å². The lowest BCUT2D eigenvalue weighted by Gasteiger charge is -2.13. The first-order valence-corrected chi connectivity index (χ1v) is 9.98. The highest BCUT2D eigenvalue weighted by molar-refractivity contribution is 5.71. The standard InChI is InChI=1S/C24H20N6O2/c1-31-23-14-18(8-10-21(23)29-13-12-25-27-29)19-9-11-22(24(15-19)32-2)30-16-20(26-28-30)17-6-4-3-5-7-17/h3-16H,1-2H3. The van der Waals surface area contributed by atoms with Gasteiger partial charge in [0.1, 0.15) is 28.6 Å². The third-order valence-electron chi connectivity index (χ3n) is 5.17. The van der Waals surface area contributed by atoms with Crippen molar-refractivity contribution < 1.29 is 9.47 Å². The molecule has 0 spiro atoms. The number of hydrogen-bond donors (Lipinski definition) is 0. The fraction of sp³-hybridized carbons (Fsp3) is 0.0833. The van der Waals surface area contributed by atoms with Crippen LogP contribution in [0.15, 0.2) is 85.3 Å². The lowest BCUT2D eigenvalue weighted by atomic mass is 10.0. The number of nitrogens with zero attached hydrogens (tertiary/aromatic N) is 6. The predicted molar refractivity (Wildman–Crippen MR) is 120 cm³/mol. The zero-order valence-corrected chi connectivity index (χ0v) is 17.6. The van der Waals surface area contributed by atoms with Crippen LogP contribution >= 0.6 is 0 Å². The van der Waals surface area contributed by atoms with Gasteiger partial charge in [-0.25, -0.2) is 9.36 Å². The molecular weight excluding hydrogens is 404 g/mol. The quantitative estimate of drug-likeness (QED) is 0.406. The summed E-state index contributed by atoms with van der Waals surface area (Å²) in [5.41, 5.74) is 5.39. The Morgan fingerprint density at radius 3 is 1.94 bits per heavy atom. The second-order valence-corrected chi connectivity index (χ2v) is 7.04. The van der Waals surface area contributed by atoms with Crippen molar-refractivity contribution in [2.75, 3.05) is 14.2 Å². The van der Waals surface area contributed by atoms with Crippen LogP contribution in [0.1, 0.15) is 0 Å². The highest BCUT2D eigenvalue weighted by atomic mass is 16.5. The minimum absolute atomic E-state index is 0.686. The second kappa shape index (κ2) is 8.35. The molecule has 0 radical (unpaired) electrons. The van der Waals surface area contributed by atoms with Gasteiger partial charge in [0.05, 0.1) is 32.8 Å². The van der Waals surface area contributed by atoms with E-state index in [1.165, 1.54) is 0 Å². The molecule has 5 aromatic rings. The summed E-state index contributed by atoms with van der Waals surface area (Å²) in [6.45, 7) is 0. The van der Waals surface area contributed by atoms with Gasteiger partial charge in [0.15, 0.2) is 0 Å². The van der Waals surface area contributed by atoms with Crippen LogP contribution in [0.25, 0.3) is 33.8 Å². The minimum atomic E-state index is 0.686. The van der Waals surface area contributed by atoms with Gasteiger partial charge in [-0.15, -0.1) is 10.2 Å². The average molecular weight is 424 g/mol. The largest absolute Gasteiger partial charge is 0.494 e. The van der Waals surface area contributed by atoms with Crippen LogP contribution in [0.2, 0.25) is 0 Å². The number of aromatic nitrogens is 6. The molecule has 0 amide bonds. The average Bonchev–Trinajstić information content (AvgIpc) is 3.56. The van der Waals surface area contributed by atoms with E-state index in [9.17, 15) is 0 Å². The van der Waals surface area contributed by atoms with Gasteiger partial charge >= 0.3 is 0 Å². The smallest absolute Gasteiger partial charge is 0.145 e. The molecule has 0 aliphatic carbocycles. The number of methoxy groups -OCH3 is 2. The monoisotopic (exact) mass is 424 g/mol. The molecule has 0 atom stereocenters. The Balaban J connectivity index is 1.50. The Morgan fingerprint density at radius 2 is 1.34 bits per heavy atom. The van der Waals surface area contributed by atoms with Gasteiger partial charge in [-0.3, -0.25) is 0 Å². The molecule has 0 fully saturated rings. The van der Waals surface area contributed by atoms with E-state index in [1.54, 1.807) is 36.0 Å². The first-order chi connectivity index (χ1) is 15.8. The summed E-state index contributed by atoms with van der Waals surface area (Å²) in [5, 5.41) is 16.5. The molecule has 0 unspecified atom stereocenters. The van der Waals surface area contributed by atoms with E-state index >= 15 is 0 Å². The fourth-order valence-corrected chi connectivity index (χ4v) is 3.55. The SMILES string of the molecule is COc1cc(-c2ccc(-n3cc(-c4ccccc4)nn3)c(OC)c2)ccc1-n1ccnn1. The lowest BCUT2D eigenvalue weighted by Crippen LogP contribution is -2.00. The molecule has 5 rings (SSSR count). The Morgan fingerprint density at radius 1 is 0.688 bits per heavy atom. The molecular formula is C24H20N6O2. The molecule has 32 heavy (non-hydrogen) atoms. The van der Waals surface area contributed by atoms with Crippen molar-refractivity contribution in [2.45, 2.75) is 0 Å². The third-order valence-corrected chi connectivity index (χ3v) is 5.17. The maximum absolute atomic E-state index is 5.67. The van der Waals surface area contributed by atoms with Crippen molar-refractivity contribution in [2.24, 2.45) is 0 Å². The first kappa shape index (κ1) is 19.5. The topological polar surface area (TPSA) is 79.9 Å². The summed E-state index contributed by atoms with van der Waals surface area (Å²) in [7, 11) is 3.28. The van der Waals surface area contributed by atoms with E-state index in [2.05, 4.69) is 20.6 Å². The van der Waals surface area contributed by atoms with Gasteiger partial charge in [0.25, 0.3) is 0 Å². The Labute approximate surface area is 184 Å². The molecule has 2 heterocycles. The van der Waals surface area contributed by atoms with E-state index in [4.69, 9.17) is 9.47 Å². The lowest BCUT2D eigenvalue weighted by molar-refractivity contribution is 0.411. The first-order valence-electron chi connectivity index (χ1n) is 9.98. The van der Waals surface area contributed by atoms with Gasteiger partial charge in [-0.05, 0) is 35.4 Å². The van der Waals surface area contributed by atoms with Crippen molar-refractivity contribution in [3.8, 4) is 45.3 Å². The molecule has 158 valence electrons. The molecule has 0 saturated carbocycles.